The number of benzene rings is 1. The number of H-pyrrole nitrogens is 2. The number of hydrogen-bond acceptors (Lipinski definition) is 4. The minimum Gasteiger partial charge on any atom is -0.326 e. The highest BCUT2D eigenvalue weighted by atomic mass is 16.1. The highest BCUT2D eigenvalue weighted by Crippen LogP contribution is 2.25. The summed E-state index contributed by atoms with van der Waals surface area (Å²) in [5, 5.41) is 8.39. The van der Waals surface area contributed by atoms with Crippen LogP contribution in [0.1, 0.15) is 43.1 Å². The molecule has 0 unspecified atom stereocenters. The van der Waals surface area contributed by atoms with E-state index in [-0.39, 0.29) is 17.6 Å². The van der Waals surface area contributed by atoms with Crippen molar-refractivity contribution in [2.24, 2.45) is 0 Å². The smallest absolute Gasteiger partial charge is 0.323 e. The summed E-state index contributed by atoms with van der Waals surface area (Å²) in [6.07, 6.45) is 2.80. The fraction of sp³-hybridized carbons (Fsp3) is 0.333. The number of nitrogens with zero attached hydrogens (tertiary/aromatic N) is 3. The largest absolute Gasteiger partial charge is 0.326 e. The summed E-state index contributed by atoms with van der Waals surface area (Å²) in [4.78, 5) is 34.0. The zero-order valence-electron chi connectivity index (χ0n) is 17.0. The van der Waals surface area contributed by atoms with Gasteiger partial charge in [-0.15, -0.1) is 0 Å². The summed E-state index contributed by atoms with van der Waals surface area (Å²) in [5.41, 5.74) is 5.78. The first kappa shape index (κ1) is 18.9. The van der Waals surface area contributed by atoms with Crippen LogP contribution in [0.15, 0.2) is 29.2 Å². The van der Waals surface area contributed by atoms with Gasteiger partial charge in [-0.05, 0) is 63.4 Å². The third-order valence-corrected chi connectivity index (χ3v) is 5.23. The first-order valence-corrected chi connectivity index (χ1v) is 9.68. The number of amides is 1. The Hall–Kier alpha value is -3.42. The van der Waals surface area contributed by atoms with Gasteiger partial charge in [0.05, 0.1) is 17.2 Å². The first-order chi connectivity index (χ1) is 13.8. The van der Waals surface area contributed by atoms with Crippen molar-refractivity contribution in [3.8, 4) is 0 Å². The van der Waals surface area contributed by atoms with Crippen LogP contribution in [0.4, 0.5) is 5.69 Å². The van der Waals surface area contributed by atoms with E-state index in [0.29, 0.717) is 29.6 Å². The lowest BCUT2D eigenvalue weighted by atomic mass is 10.0. The Morgan fingerprint density at radius 2 is 1.97 bits per heavy atom. The predicted molar refractivity (Wildman–Crippen MR) is 113 cm³/mol. The van der Waals surface area contributed by atoms with Crippen LogP contribution >= 0.6 is 0 Å². The van der Waals surface area contributed by atoms with Gasteiger partial charge < -0.3 is 15.3 Å². The van der Waals surface area contributed by atoms with Crippen LogP contribution in [-0.2, 0) is 11.2 Å². The van der Waals surface area contributed by atoms with Crippen LogP contribution in [-0.4, -0.2) is 30.6 Å². The second-order valence-corrected chi connectivity index (χ2v) is 7.61. The minimum absolute atomic E-state index is 0.0843. The summed E-state index contributed by atoms with van der Waals surface area (Å²) in [7, 11) is 0. The van der Waals surface area contributed by atoms with E-state index in [4.69, 9.17) is 4.98 Å². The van der Waals surface area contributed by atoms with E-state index < -0.39 is 0 Å². The van der Waals surface area contributed by atoms with Crippen LogP contribution in [0.3, 0.4) is 0 Å². The van der Waals surface area contributed by atoms with Crippen LogP contribution in [0.25, 0.3) is 22.1 Å². The molecule has 1 amide bonds. The van der Waals surface area contributed by atoms with Crippen LogP contribution < -0.4 is 11.0 Å². The van der Waals surface area contributed by atoms with Crippen molar-refractivity contribution in [3.63, 3.8) is 0 Å². The van der Waals surface area contributed by atoms with Gasteiger partial charge in [0.2, 0.25) is 5.91 Å². The van der Waals surface area contributed by atoms with Gasteiger partial charge in [-0.25, -0.2) is 14.5 Å². The SMILES string of the molecule is Cc1nc2c(cnn2C(C)C)c(C)c1CCC(=O)Nc1ccc2[nH]c(=O)[nH]c2c1. The van der Waals surface area contributed by atoms with E-state index in [9.17, 15) is 9.59 Å². The lowest BCUT2D eigenvalue weighted by Crippen LogP contribution is -2.13. The van der Waals surface area contributed by atoms with E-state index in [1.165, 1.54) is 0 Å². The number of aromatic nitrogens is 5. The molecule has 0 saturated heterocycles. The Morgan fingerprint density at radius 1 is 1.21 bits per heavy atom. The zero-order valence-corrected chi connectivity index (χ0v) is 17.0. The second-order valence-electron chi connectivity index (χ2n) is 7.61. The van der Waals surface area contributed by atoms with Crippen LogP contribution in [0.5, 0.6) is 0 Å². The fourth-order valence-corrected chi connectivity index (χ4v) is 3.71. The number of aromatic amines is 2. The molecule has 0 aliphatic carbocycles. The van der Waals surface area contributed by atoms with Crippen molar-refractivity contribution in [2.45, 2.75) is 46.6 Å². The molecule has 0 aliphatic heterocycles. The summed E-state index contributed by atoms with van der Waals surface area (Å²) < 4.78 is 1.92. The number of fused-ring (bicyclic) bond motifs is 2. The molecule has 8 heteroatoms. The number of hydrogen-bond donors (Lipinski definition) is 3. The molecule has 0 spiro atoms. The summed E-state index contributed by atoms with van der Waals surface area (Å²) >= 11 is 0. The maximum absolute atomic E-state index is 12.5. The molecule has 150 valence electrons. The number of carbonyl (C=O) groups is 1. The Bertz CT molecular complexity index is 1280. The Kier molecular flexibility index (Phi) is 4.70. The van der Waals surface area contributed by atoms with Gasteiger partial charge in [-0.2, -0.15) is 5.10 Å². The third kappa shape index (κ3) is 3.53. The maximum atomic E-state index is 12.5. The topological polar surface area (TPSA) is 108 Å². The molecular formula is C21H24N6O2. The molecule has 0 fully saturated rings. The van der Waals surface area contributed by atoms with Gasteiger partial charge in [-0.3, -0.25) is 4.79 Å². The average Bonchev–Trinajstić information content (AvgIpc) is 3.23. The van der Waals surface area contributed by atoms with Crippen molar-refractivity contribution in [3.05, 3.63) is 51.7 Å². The lowest BCUT2D eigenvalue weighted by molar-refractivity contribution is -0.116. The summed E-state index contributed by atoms with van der Waals surface area (Å²) in [5.74, 6) is -0.0843. The molecule has 1 aromatic carbocycles. The van der Waals surface area contributed by atoms with E-state index in [1.54, 1.807) is 18.2 Å². The number of pyridine rings is 1. The molecule has 0 bridgehead atoms. The highest BCUT2D eigenvalue weighted by Gasteiger charge is 2.16. The monoisotopic (exact) mass is 392 g/mol. The Labute approximate surface area is 167 Å². The van der Waals surface area contributed by atoms with Gasteiger partial charge in [-0.1, -0.05) is 0 Å². The Balaban J connectivity index is 1.51. The van der Waals surface area contributed by atoms with Gasteiger partial charge in [0, 0.05) is 29.2 Å². The third-order valence-electron chi connectivity index (χ3n) is 5.23. The molecule has 3 heterocycles. The molecule has 0 radical (unpaired) electrons. The zero-order chi connectivity index (χ0) is 20.7. The average molecular weight is 392 g/mol. The maximum Gasteiger partial charge on any atom is 0.323 e. The summed E-state index contributed by atoms with van der Waals surface area (Å²) in [6.45, 7) is 8.20. The molecule has 3 aromatic heterocycles. The van der Waals surface area contributed by atoms with Crippen molar-refractivity contribution < 1.29 is 4.79 Å². The van der Waals surface area contributed by atoms with Crippen LogP contribution in [0.2, 0.25) is 0 Å². The standard InChI is InChI=1S/C21H24N6O2/c1-11(2)27-20-16(10-22-27)12(3)15(13(4)23-20)6-8-19(28)24-14-5-7-17-18(9-14)26-21(29)25-17/h5,7,9-11H,6,8H2,1-4H3,(H,24,28)(H2,25,26,29). The molecule has 0 saturated carbocycles. The van der Waals surface area contributed by atoms with E-state index in [1.807, 2.05) is 17.8 Å². The number of imidazole rings is 1. The quantitative estimate of drug-likeness (QED) is 0.484. The molecular weight excluding hydrogens is 368 g/mol. The van der Waals surface area contributed by atoms with Gasteiger partial charge in [0.25, 0.3) is 0 Å². The molecule has 0 atom stereocenters. The van der Waals surface area contributed by atoms with Crippen molar-refractivity contribution in [1.29, 1.82) is 0 Å². The van der Waals surface area contributed by atoms with E-state index >= 15 is 0 Å². The number of rotatable bonds is 5. The molecule has 3 N–H and O–H groups in total. The van der Waals surface area contributed by atoms with Gasteiger partial charge in [0.1, 0.15) is 0 Å². The molecule has 8 nitrogen and oxygen atoms in total. The number of carbonyl (C=O) groups excluding carboxylic acids is 1. The molecule has 4 aromatic rings. The van der Waals surface area contributed by atoms with Gasteiger partial charge in [0.15, 0.2) is 5.65 Å². The molecule has 0 aliphatic rings. The minimum atomic E-state index is -0.266. The van der Waals surface area contributed by atoms with Crippen molar-refractivity contribution in [2.75, 3.05) is 5.32 Å². The van der Waals surface area contributed by atoms with Crippen molar-refractivity contribution >= 4 is 33.7 Å². The predicted octanol–water partition coefficient (Wildman–Crippen LogP) is 3.37. The second kappa shape index (κ2) is 7.20. The van der Waals surface area contributed by atoms with E-state index in [2.05, 4.69) is 41.2 Å². The number of anilines is 1. The van der Waals surface area contributed by atoms with Crippen molar-refractivity contribution in [1.82, 2.24) is 24.7 Å². The summed E-state index contributed by atoms with van der Waals surface area (Å²) in [6, 6.07) is 5.52. The highest BCUT2D eigenvalue weighted by molar-refractivity contribution is 5.93. The van der Waals surface area contributed by atoms with E-state index in [0.717, 1.165) is 27.9 Å². The lowest BCUT2D eigenvalue weighted by Gasteiger charge is -2.12. The fourth-order valence-electron chi connectivity index (χ4n) is 3.71. The number of aryl methyl sites for hydroxylation is 2. The Morgan fingerprint density at radius 3 is 2.72 bits per heavy atom. The van der Waals surface area contributed by atoms with Crippen LogP contribution in [0, 0.1) is 13.8 Å². The molecule has 29 heavy (non-hydrogen) atoms. The number of nitrogens with one attached hydrogen (secondary N) is 3. The normalized spacial score (nSPS) is 11.6. The molecule has 4 rings (SSSR count). The van der Waals surface area contributed by atoms with Gasteiger partial charge >= 0.3 is 5.69 Å². The first-order valence-electron chi connectivity index (χ1n) is 9.68.